The Morgan fingerprint density at radius 1 is 1.35 bits per heavy atom. The second kappa shape index (κ2) is 6.12. The molecule has 0 aliphatic carbocycles. The fourth-order valence-electron chi connectivity index (χ4n) is 1.75. The van der Waals surface area contributed by atoms with E-state index in [1.54, 1.807) is 19.1 Å². The van der Waals surface area contributed by atoms with Gasteiger partial charge in [0.15, 0.2) is 0 Å². The molecule has 2 rings (SSSR count). The van der Waals surface area contributed by atoms with Crippen LogP contribution in [0.15, 0.2) is 36.5 Å². The van der Waals surface area contributed by atoms with Gasteiger partial charge < -0.3 is 10.5 Å². The van der Waals surface area contributed by atoms with Crippen LogP contribution >= 0.6 is 0 Å². The molecular formula is C14H15N3O3. The van der Waals surface area contributed by atoms with Gasteiger partial charge >= 0.3 is 5.69 Å². The van der Waals surface area contributed by atoms with Gasteiger partial charge in [-0.2, -0.15) is 0 Å². The van der Waals surface area contributed by atoms with Crippen molar-refractivity contribution >= 4 is 5.69 Å². The highest BCUT2D eigenvalue weighted by Gasteiger charge is 2.17. The normalized spacial score (nSPS) is 10.3. The van der Waals surface area contributed by atoms with E-state index in [0.717, 1.165) is 12.0 Å². The molecule has 0 spiro atoms. The molecule has 0 saturated heterocycles. The maximum absolute atomic E-state index is 11.0. The summed E-state index contributed by atoms with van der Waals surface area (Å²) in [6.45, 7) is 2.32. The predicted molar refractivity (Wildman–Crippen MR) is 74.9 cm³/mol. The summed E-state index contributed by atoms with van der Waals surface area (Å²) < 4.78 is 5.47. The fraction of sp³-hybridized carbons (Fsp3) is 0.214. The van der Waals surface area contributed by atoms with Gasteiger partial charge in [0.2, 0.25) is 0 Å². The van der Waals surface area contributed by atoms with Gasteiger partial charge in [-0.25, -0.2) is 4.98 Å². The standard InChI is InChI=1S/C14H15N3O3/c1-10-8-13(17(18)19)14(16-9-10)20-12-4-2-11(3-5-12)6-7-15/h2-5,8-9H,6-7,15H2,1H3. The summed E-state index contributed by atoms with van der Waals surface area (Å²) in [5.41, 5.74) is 7.13. The molecule has 104 valence electrons. The Kier molecular flexibility index (Phi) is 4.27. The topological polar surface area (TPSA) is 91.3 Å². The molecule has 1 aromatic carbocycles. The summed E-state index contributed by atoms with van der Waals surface area (Å²) >= 11 is 0. The van der Waals surface area contributed by atoms with Crippen LogP contribution in [0, 0.1) is 17.0 Å². The third-order valence-corrected chi connectivity index (χ3v) is 2.74. The van der Waals surface area contributed by atoms with Crippen molar-refractivity contribution in [1.29, 1.82) is 0 Å². The first-order valence-corrected chi connectivity index (χ1v) is 6.18. The highest BCUT2D eigenvalue weighted by atomic mass is 16.6. The van der Waals surface area contributed by atoms with Crippen LogP contribution in [0.25, 0.3) is 0 Å². The van der Waals surface area contributed by atoms with Crippen LogP contribution in [0.2, 0.25) is 0 Å². The highest BCUT2D eigenvalue weighted by Crippen LogP contribution is 2.29. The Labute approximate surface area is 116 Å². The van der Waals surface area contributed by atoms with Gasteiger partial charge in [0.1, 0.15) is 5.75 Å². The minimum atomic E-state index is -0.502. The number of aryl methyl sites for hydroxylation is 1. The number of nitrogens with two attached hydrogens (primary N) is 1. The Balaban J connectivity index is 2.23. The molecule has 2 N–H and O–H groups in total. The summed E-state index contributed by atoms with van der Waals surface area (Å²) in [4.78, 5) is 14.4. The number of benzene rings is 1. The number of ether oxygens (including phenoxy) is 1. The number of nitro groups is 1. The molecule has 6 heteroatoms. The van der Waals surface area contributed by atoms with Crippen LogP contribution in [0.4, 0.5) is 5.69 Å². The van der Waals surface area contributed by atoms with Gasteiger partial charge in [0.05, 0.1) is 4.92 Å². The molecule has 0 unspecified atom stereocenters. The zero-order valence-corrected chi connectivity index (χ0v) is 11.1. The SMILES string of the molecule is Cc1cnc(Oc2ccc(CCN)cc2)c([N+](=O)[O-])c1. The lowest BCUT2D eigenvalue weighted by Gasteiger charge is -2.06. The lowest BCUT2D eigenvalue weighted by molar-refractivity contribution is -0.386. The molecule has 0 aliphatic rings. The zero-order valence-electron chi connectivity index (χ0n) is 11.1. The average molecular weight is 273 g/mol. The van der Waals surface area contributed by atoms with Crippen LogP contribution in [0.5, 0.6) is 11.6 Å². The first-order chi connectivity index (χ1) is 9.60. The second-order valence-corrected chi connectivity index (χ2v) is 4.38. The van der Waals surface area contributed by atoms with Crippen molar-refractivity contribution in [1.82, 2.24) is 4.98 Å². The Morgan fingerprint density at radius 3 is 2.65 bits per heavy atom. The van der Waals surface area contributed by atoms with Crippen molar-refractivity contribution in [2.45, 2.75) is 13.3 Å². The number of rotatable bonds is 5. The average Bonchev–Trinajstić information content (AvgIpc) is 2.43. The third-order valence-electron chi connectivity index (χ3n) is 2.74. The molecule has 0 amide bonds. The molecule has 0 fully saturated rings. The maximum Gasteiger partial charge on any atom is 0.331 e. The molecule has 0 radical (unpaired) electrons. The minimum absolute atomic E-state index is 0.00725. The van der Waals surface area contributed by atoms with E-state index in [0.29, 0.717) is 17.9 Å². The Morgan fingerprint density at radius 2 is 2.05 bits per heavy atom. The molecule has 2 aromatic rings. The van der Waals surface area contributed by atoms with Crippen LogP contribution < -0.4 is 10.5 Å². The van der Waals surface area contributed by atoms with Gasteiger partial charge in [-0.1, -0.05) is 12.1 Å². The van der Waals surface area contributed by atoms with Gasteiger partial charge in [-0.3, -0.25) is 10.1 Å². The number of hydrogen-bond acceptors (Lipinski definition) is 5. The lowest BCUT2D eigenvalue weighted by atomic mass is 10.1. The van der Waals surface area contributed by atoms with E-state index >= 15 is 0 Å². The number of pyridine rings is 1. The number of aromatic nitrogens is 1. The highest BCUT2D eigenvalue weighted by molar-refractivity contribution is 5.45. The van der Waals surface area contributed by atoms with Crippen molar-refractivity contribution in [3.63, 3.8) is 0 Å². The Bertz CT molecular complexity index is 612. The van der Waals surface area contributed by atoms with E-state index in [-0.39, 0.29) is 11.6 Å². The van der Waals surface area contributed by atoms with Gasteiger partial charge in [0, 0.05) is 12.3 Å². The fourth-order valence-corrected chi connectivity index (χ4v) is 1.75. The summed E-state index contributed by atoms with van der Waals surface area (Å²) in [6, 6.07) is 8.68. The third kappa shape index (κ3) is 3.30. The minimum Gasteiger partial charge on any atom is -0.434 e. The summed E-state index contributed by atoms with van der Waals surface area (Å²) in [6.07, 6.45) is 2.31. The smallest absolute Gasteiger partial charge is 0.331 e. The Hall–Kier alpha value is -2.47. The van der Waals surface area contributed by atoms with E-state index in [1.807, 2.05) is 12.1 Å². The van der Waals surface area contributed by atoms with Gasteiger partial charge in [0.25, 0.3) is 5.88 Å². The van der Waals surface area contributed by atoms with Gasteiger partial charge in [-0.15, -0.1) is 0 Å². The van der Waals surface area contributed by atoms with Crippen LogP contribution in [0.3, 0.4) is 0 Å². The van der Waals surface area contributed by atoms with E-state index < -0.39 is 4.92 Å². The largest absolute Gasteiger partial charge is 0.434 e. The molecule has 0 aliphatic heterocycles. The quantitative estimate of drug-likeness (QED) is 0.667. The summed E-state index contributed by atoms with van der Waals surface area (Å²) in [5.74, 6) is 0.498. The van der Waals surface area contributed by atoms with Crippen molar-refractivity contribution in [3.05, 3.63) is 57.8 Å². The molecule has 0 bridgehead atoms. The molecule has 1 heterocycles. The van der Waals surface area contributed by atoms with Crippen molar-refractivity contribution in [2.75, 3.05) is 6.54 Å². The number of hydrogen-bond donors (Lipinski definition) is 1. The molecule has 1 aromatic heterocycles. The van der Waals surface area contributed by atoms with Gasteiger partial charge in [-0.05, 0) is 43.1 Å². The molecular weight excluding hydrogens is 258 g/mol. The predicted octanol–water partition coefficient (Wildman–Crippen LogP) is 2.59. The molecule has 0 saturated carbocycles. The maximum atomic E-state index is 11.0. The summed E-state index contributed by atoms with van der Waals surface area (Å²) in [7, 11) is 0. The second-order valence-electron chi connectivity index (χ2n) is 4.38. The van der Waals surface area contributed by atoms with Crippen LogP contribution in [-0.2, 0) is 6.42 Å². The van der Waals surface area contributed by atoms with Crippen molar-refractivity contribution < 1.29 is 9.66 Å². The summed E-state index contributed by atoms with van der Waals surface area (Å²) in [5, 5.41) is 11.0. The molecule has 20 heavy (non-hydrogen) atoms. The van der Waals surface area contributed by atoms with Crippen LogP contribution in [-0.4, -0.2) is 16.5 Å². The van der Waals surface area contributed by atoms with Crippen molar-refractivity contribution in [2.24, 2.45) is 5.73 Å². The van der Waals surface area contributed by atoms with E-state index in [4.69, 9.17) is 10.5 Å². The molecule has 0 atom stereocenters. The monoisotopic (exact) mass is 273 g/mol. The number of nitrogens with zero attached hydrogens (tertiary/aromatic N) is 2. The lowest BCUT2D eigenvalue weighted by Crippen LogP contribution is -2.02. The zero-order chi connectivity index (χ0) is 14.5. The van der Waals surface area contributed by atoms with E-state index in [9.17, 15) is 10.1 Å². The van der Waals surface area contributed by atoms with Crippen molar-refractivity contribution in [3.8, 4) is 11.6 Å². The van der Waals surface area contributed by atoms with E-state index in [2.05, 4.69) is 4.98 Å². The van der Waals surface area contributed by atoms with Crippen LogP contribution in [0.1, 0.15) is 11.1 Å². The van der Waals surface area contributed by atoms with E-state index in [1.165, 1.54) is 12.3 Å². The first kappa shape index (κ1) is 14.0. The molecule has 6 nitrogen and oxygen atoms in total. The first-order valence-electron chi connectivity index (χ1n) is 6.18.